The molecular formula is C71H112ClF3N12O13. The SMILES string of the molecule is CCCCC[C@H]1C(=O)N[C@@H]([C@@H](C)CC)C(=O)N[C@@H](C)C(=O)N2CC[C@H]2C(=O)N(C)[C@@H](C2CCCC2)C(=O)N(C)CC(=O)N[C@@H](CCC2CCC(C(F)(F)F)C(Cl)C2)C(=O)N2CCC[C@H]2C(=O)NC2(CCCC2)C(=O)N(C)[C@@H](C2CCCC2)C(=O)N(C)[C@H](C(=O)N2CCOCC2)CC(=O)N1C. The normalized spacial score (nSPS) is 31.6. The van der Waals surface area contributed by atoms with Crippen LogP contribution in [0.3, 0.4) is 0 Å². The van der Waals surface area contributed by atoms with E-state index in [-0.39, 0.29) is 115 Å². The highest BCUT2D eigenvalue weighted by Crippen LogP contribution is 2.44. The molecule has 25 nitrogen and oxygen atoms in total. The molecule has 4 aliphatic heterocycles. The lowest BCUT2D eigenvalue weighted by Gasteiger charge is -2.45. The van der Waals surface area contributed by atoms with Crippen LogP contribution in [0.1, 0.15) is 195 Å². The van der Waals surface area contributed by atoms with Crippen molar-refractivity contribution in [3.63, 3.8) is 0 Å². The van der Waals surface area contributed by atoms with Crippen molar-refractivity contribution in [3.8, 4) is 0 Å². The summed E-state index contributed by atoms with van der Waals surface area (Å²) in [5, 5.41) is 10.4. The maximum atomic E-state index is 15.7. The molecule has 13 atom stereocenters. The standard InChI is InChI=1S/C71H112ClF3N12O13/c1-10-12-13-25-51-60(90)78-57(43(3)11-2)62(92)76-44(4)63(93)87-35-31-53(87)65(95)83(8)58(46-21-14-15-22-46)67(97)80(5)42-55(88)77-50(30-28-45-27-29-48(49(72)40-45)71(73,74)75)64(94)86-34-20-26-52(86)61(91)79-70(32-18-19-33-70)69(99)84(9)59(47-23-16-17-24-47)68(98)82(7)54(41-56(89)81(51)6)66(96)85-36-38-100-39-37-85/h43-54,57-59H,10-42H2,1-9H3,(H,76,92)(H,77,88)(H,78,90)(H,79,91)/t43-,44-,45?,48?,49?,50-,51-,52-,53-,54-,57-,58-,59-/m0/s1. The summed E-state index contributed by atoms with van der Waals surface area (Å²) >= 11 is 6.40. The highest BCUT2D eigenvalue weighted by atomic mass is 35.5. The second kappa shape index (κ2) is 35.2. The minimum absolute atomic E-state index is 0.00151. The molecule has 0 bridgehead atoms. The fourth-order valence-electron chi connectivity index (χ4n) is 17.0. The molecule has 1 spiro atoms. The van der Waals surface area contributed by atoms with Crippen LogP contribution in [-0.4, -0.2) is 263 Å². The van der Waals surface area contributed by atoms with Gasteiger partial charge in [-0.1, -0.05) is 85.0 Å². The number of hydrogen-bond donors (Lipinski definition) is 4. The van der Waals surface area contributed by atoms with E-state index < -0.39 is 173 Å². The molecule has 4 aliphatic carbocycles. The molecule has 100 heavy (non-hydrogen) atoms. The predicted octanol–water partition coefficient (Wildman–Crippen LogP) is 4.88. The summed E-state index contributed by atoms with van der Waals surface area (Å²) in [6, 6.07) is -10.8. The van der Waals surface area contributed by atoms with Gasteiger partial charge in [0.1, 0.15) is 59.9 Å². The van der Waals surface area contributed by atoms with Crippen molar-refractivity contribution in [1.82, 2.24) is 60.5 Å². The molecule has 0 aromatic rings. The smallest absolute Gasteiger partial charge is 0.378 e. The molecule has 4 saturated heterocycles. The van der Waals surface area contributed by atoms with Gasteiger partial charge in [-0.05, 0) is 127 Å². The lowest BCUT2D eigenvalue weighted by Crippen LogP contribution is -2.65. The lowest BCUT2D eigenvalue weighted by atomic mass is 9.78. The quantitative estimate of drug-likeness (QED) is 0.150. The van der Waals surface area contributed by atoms with E-state index in [1.54, 1.807) is 6.92 Å². The Labute approximate surface area is 592 Å². The van der Waals surface area contributed by atoms with Crippen molar-refractivity contribution in [1.29, 1.82) is 0 Å². The number of halogens is 4. The van der Waals surface area contributed by atoms with Gasteiger partial charge in [0.15, 0.2) is 0 Å². The van der Waals surface area contributed by atoms with Gasteiger partial charge >= 0.3 is 6.18 Å². The molecule has 4 heterocycles. The topological polar surface area (TPSA) is 288 Å². The lowest BCUT2D eigenvalue weighted by molar-refractivity contribution is -0.182. The predicted molar refractivity (Wildman–Crippen MR) is 365 cm³/mol. The van der Waals surface area contributed by atoms with Crippen molar-refractivity contribution in [3.05, 3.63) is 0 Å². The molecule has 8 rings (SSSR count). The molecule has 4 N–H and O–H groups in total. The Morgan fingerprint density at radius 2 is 1.24 bits per heavy atom. The van der Waals surface area contributed by atoms with Gasteiger partial charge in [-0.2, -0.15) is 13.2 Å². The van der Waals surface area contributed by atoms with Gasteiger partial charge in [0.2, 0.25) is 70.9 Å². The number of carbonyl (C=O) groups excluding carboxylic acids is 12. The number of likely N-dealkylation sites (N-methyl/N-ethyl adjacent to an activating group) is 5. The summed E-state index contributed by atoms with van der Waals surface area (Å²) in [5.74, 6) is -10.8. The zero-order valence-electron chi connectivity index (χ0n) is 60.4. The molecule has 8 fully saturated rings. The molecule has 0 radical (unpaired) electrons. The van der Waals surface area contributed by atoms with Gasteiger partial charge in [0.25, 0.3) is 0 Å². The zero-order chi connectivity index (χ0) is 73.1. The second-order valence-corrected chi connectivity index (χ2v) is 30.7. The number of ether oxygens (including phenoxy) is 1. The Hall–Kier alpha value is -6.32. The molecule has 0 aromatic carbocycles. The first kappa shape index (κ1) is 79.4. The number of morpholine rings is 1. The Balaban J connectivity index is 1.16. The Kier molecular flexibility index (Phi) is 28.0. The van der Waals surface area contributed by atoms with Crippen molar-refractivity contribution < 1.29 is 75.4 Å². The minimum Gasteiger partial charge on any atom is -0.378 e. The molecule has 562 valence electrons. The largest absolute Gasteiger partial charge is 0.393 e. The van der Waals surface area contributed by atoms with Crippen molar-refractivity contribution >= 4 is 82.5 Å². The van der Waals surface area contributed by atoms with Crippen LogP contribution in [0.15, 0.2) is 0 Å². The Bertz CT molecular complexity index is 2940. The molecule has 12 amide bonds. The number of nitrogens with one attached hydrogen (secondary N) is 4. The number of fused-ring (bicyclic) bond motifs is 2. The van der Waals surface area contributed by atoms with Crippen LogP contribution in [0.4, 0.5) is 13.2 Å². The number of rotatable bonds is 12. The molecule has 29 heteroatoms. The van der Waals surface area contributed by atoms with E-state index in [4.69, 9.17) is 16.3 Å². The molecule has 0 aromatic heterocycles. The maximum Gasteiger partial charge on any atom is 0.393 e. The van der Waals surface area contributed by atoms with Crippen LogP contribution in [0, 0.1) is 29.6 Å². The number of amides is 12. The third-order valence-electron chi connectivity index (χ3n) is 23.5. The van der Waals surface area contributed by atoms with E-state index in [1.807, 2.05) is 13.8 Å². The van der Waals surface area contributed by atoms with Gasteiger partial charge in [0, 0.05) is 66.8 Å². The average Bonchev–Trinajstić information content (AvgIpc) is 1.36. The summed E-state index contributed by atoms with van der Waals surface area (Å²) in [6.45, 7) is 7.43. The van der Waals surface area contributed by atoms with Gasteiger partial charge < -0.3 is 65.2 Å². The number of carbonyl (C=O) groups is 12. The van der Waals surface area contributed by atoms with Gasteiger partial charge in [0.05, 0.1) is 32.1 Å². The van der Waals surface area contributed by atoms with Crippen LogP contribution >= 0.6 is 11.6 Å². The molecule has 8 aliphatic rings. The molecular weight excluding hydrogens is 1320 g/mol. The third kappa shape index (κ3) is 18.5. The minimum atomic E-state index is -4.51. The van der Waals surface area contributed by atoms with E-state index in [0.717, 1.165) is 32.1 Å². The first-order chi connectivity index (χ1) is 47.4. The average molecular weight is 1430 g/mol. The van der Waals surface area contributed by atoms with Crippen molar-refractivity contribution in [2.75, 3.05) is 81.2 Å². The van der Waals surface area contributed by atoms with E-state index in [2.05, 4.69) is 21.3 Å². The number of unbranched alkanes of at least 4 members (excludes halogenated alkanes) is 2. The van der Waals surface area contributed by atoms with E-state index >= 15 is 28.8 Å². The van der Waals surface area contributed by atoms with Crippen molar-refractivity contribution in [2.45, 2.75) is 266 Å². The highest BCUT2D eigenvalue weighted by Gasteiger charge is 2.53. The monoisotopic (exact) mass is 1430 g/mol. The second-order valence-electron chi connectivity index (χ2n) is 30.1. The Morgan fingerprint density at radius 1 is 0.620 bits per heavy atom. The van der Waals surface area contributed by atoms with Gasteiger partial charge in [-0.15, -0.1) is 11.6 Å². The first-order valence-electron chi connectivity index (χ1n) is 37.2. The number of alkyl halides is 4. The van der Waals surface area contributed by atoms with E-state index in [1.165, 1.54) is 81.4 Å². The van der Waals surface area contributed by atoms with Crippen LogP contribution in [0.5, 0.6) is 0 Å². The zero-order valence-corrected chi connectivity index (χ0v) is 61.1. The van der Waals surface area contributed by atoms with Crippen LogP contribution in [0.2, 0.25) is 0 Å². The van der Waals surface area contributed by atoms with Crippen molar-refractivity contribution in [2.24, 2.45) is 29.6 Å². The summed E-state index contributed by atoms with van der Waals surface area (Å²) in [6.07, 6.45) is 4.99. The third-order valence-corrected chi connectivity index (χ3v) is 24.0. The van der Waals surface area contributed by atoms with E-state index in [0.29, 0.717) is 64.2 Å². The maximum absolute atomic E-state index is 15.7. The summed E-state index contributed by atoms with van der Waals surface area (Å²) in [4.78, 5) is 191. The Morgan fingerprint density at radius 3 is 1.82 bits per heavy atom. The van der Waals surface area contributed by atoms with E-state index in [9.17, 15) is 41.9 Å². The summed E-state index contributed by atoms with van der Waals surface area (Å²) in [7, 11) is 7.29. The van der Waals surface area contributed by atoms with Crippen LogP contribution in [0.25, 0.3) is 0 Å². The molecule has 3 unspecified atom stereocenters. The fourth-order valence-corrected chi connectivity index (χ4v) is 17.5. The molecule has 4 saturated carbocycles. The van der Waals surface area contributed by atoms with Crippen LogP contribution in [-0.2, 0) is 62.3 Å². The summed E-state index contributed by atoms with van der Waals surface area (Å²) in [5.41, 5.74) is -1.56. The highest BCUT2D eigenvalue weighted by molar-refractivity contribution is 6.21. The summed E-state index contributed by atoms with van der Waals surface area (Å²) < 4.78 is 47.6. The number of hydrogen-bond acceptors (Lipinski definition) is 13. The van der Waals surface area contributed by atoms with Gasteiger partial charge in [-0.3, -0.25) is 57.5 Å². The first-order valence-corrected chi connectivity index (χ1v) is 37.6. The fraction of sp³-hybridized carbons (Fsp3) is 0.831. The van der Waals surface area contributed by atoms with Crippen LogP contribution < -0.4 is 21.3 Å². The number of nitrogens with zero attached hydrogens (tertiary/aromatic N) is 8. The van der Waals surface area contributed by atoms with Gasteiger partial charge in [-0.25, -0.2) is 0 Å².